The summed E-state index contributed by atoms with van der Waals surface area (Å²) in [6, 6.07) is 14.3. The molecule has 4 rings (SSSR count). The molecule has 128 valence electrons. The highest BCUT2D eigenvalue weighted by atomic mass is 79.9. The molecule has 0 saturated carbocycles. The van der Waals surface area contributed by atoms with Crippen LogP contribution in [-0.2, 0) is 0 Å². The summed E-state index contributed by atoms with van der Waals surface area (Å²) in [5, 5.41) is 17.2. The van der Waals surface area contributed by atoms with Gasteiger partial charge in [-0.25, -0.2) is 9.97 Å². The molecule has 0 fully saturated rings. The molecule has 0 unspecified atom stereocenters. The number of rotatable bonds is 4. The summed E-state index contributed by atoms with van der Waals surface area (Å²) in [4.78, 5) is 20.2. The molecular formula is C18H11BrN4O2S. The summed E-state index contributed by atoms with van der Waals surface area (Å²) in [5.74, 6) is 0.667. The van der Waals surface area contributed by atoms with E-state index in [0.29, 0.717) is 5.82 Å². The zero-order valence-electron chi connectivity index (χ0n) is 13.2. The predicted octanol–water partition coefficient (Wildman–Crippen LogP) is 5.77. The van der Waals surface area contributed by atoms with Crippen LogP contribution in [0.25, 0.3) is 21.3 Å². The van der Waals surface area contributed by atoms with Crippen molar-refractivity contribution in [1.82, 2.24) is 9.97 Å². The molecular weight excluding hydrogens is 416 g/mol. The number of nitro groups is 1. The first-order valence-electron chi connectivity index (χ1n) is 7.61. The van der Waals surface area contributed by atoms with Gasteiger partial charge in [0.15, 0.2) is 0 Å². The van der Waals surface area contributed by atoms with Crippen molar-refractivity contribution in [3.63, 3.8) is 0 Å². The Hall–Kier alpha value is -2.84. The molecule has 0 aliphatic heterocycles. The zero-order chi connectivity index (χ0) is 18.1. The molecule has 0 spiro atoms. The van der Waals surface area contributed by atoms with Crippen LogP contribution in [0.15, 0.2) is 64.7 Å². The molecule has 1 N–H and O–H groups in total. The fourth-order valence-corrected chi connectivity index (χ4v) is 3.82. The molecule has 0 amide bonds. The molecule has 4 aromatic rings. The number of nitrogens with one attached hydrogen (secondary N) is 1. The quantitative estimate of drug-likeness (QED) is 0.330. The molecule has 0 radical (unpaired) electrons. The number of halogens is 1. The minimum Gasteiger partial charge on any atom is -0.340 e. The standard InChI is InChI=1S/C18H11BrN4O2S/c19-12-4-6-13(7-5-12)22-17-16-15(9-26-18(16)21-10-20-17)11-2-1-3-14(8-11)23(24)25/h1-10H,(H,20,21,22). The summed E-state index contributed by atoms with van der Waals surface area (Å²) >= 11 is 4.90. The number of hydrogen-bond donors (Lipinski definition) is 1. The molecule has 2 aromatic heterocycles. The van der Waals surface area contributed by atoms with Crippen LogP contribution in [0.5, 0.6) is 0 Å². The Kier molecular flexibility index (Phi) is 4.36. The van der Waals surface area contributed by atoms with Gasteiger partial charge in [-0.15, -0.1) is 11.3 Å². The first-order valence-corrected chi connectivity index (χ1v) is 9.29. The lowest BCUT2D eigenvalue weighted by molar-refractivity contribution is -0.384. The van der Waals surface area contributed by atoms with Crippen LogP contribution in [-0.4, -0.2) is 14.9 Å². The minimum atomic E-state index is -0.393. The molecule has 0 aliphatic carbocycles. The molecule has 2 aromatic carbocycles. The van der Waals surface area contributed by atoms with Crippen LogP contribution < -0.4 is 5.32 Å². The maximum Gasteiger partial charge on any atom is 0.270 e. The Balaban J connectivity index is 1.83. The Labute approximate surface area is 160 Å². The number of anilines is 2. The van der Waals surface area contributed by atoms with E-state index in [1.807, 2.05) is 35.7 Å². The molecule has 0 bridgehead atoms. The maximum atomic E-state index is 11.1. The van der Waals surface area contributed by atoms with Crippen LogP contribution in [0.1, 0.15) is 0 Å². The summed E-state index contributed by atoms with van der Waals surface area (Å²) in [6.07, 6.45) is 1.51. The molecule has 0 atom stereocenters. The van der Waals surface area contributed by atoms with Crippen molar-refractivity contribution >= 4 is 54.7 Å². The van der Waals surface area contributed by atoms with Gasteiger partial charge in [-0.1, -0.05) is 28.1 Å². The smallest absolute Gasteiger partial charge is 0.270 e. The molecule has 26 heavy (non-hydrogen) atoms. The Morgan fingerprint density at radius 2 is 1.92 bits per heavy atom. The third-order valence-corrected chi connectivity index (χ3v) is 5.26. The second-order valence-corrected chi connectivity index (χ2v) is 7.26. The second kappa shape index (κ2) is 6.81. The van der Waals surface area contributed by atoms with Crippen LogP contribution in [0.2, 0.25) is 0 Å². The van der Waals surface area contributed by atoms with Crippen molar-refractivity contribution in [2.45, 2.75) is 0 Å². The van der Waals surface area contributed by atoms with Crippen molar-refractivity contribution in [2.75, 3.05) is 5.32 Å². The predicted molar refractivity (Wildman–Crippen MR) is 107 cm³/mol. The number of hydrogen-bond acceptors (Lipinski definition) is 6. The number of non-ortho nitro benzene ring substituents is 1. The van der Waals surface area contributed by atoms with Crippen LogP contribution in [0.3, 0.4) is 0 Å². The van der Waals surface area contributed by atoms with E-state index < -0.39 is 4.92 Å². The van der Waals surface area contributed by atoms with Crippen molar-refractivity contribution < 1.29 is 4.92 Å². The van der Waals surface area contributed by atoms with E-state index in [2.05, 4.69) is 31.2 Å². The Bertz CT molecular complexity index is 1110. The van der Waals surface area contributed by atoms with Gasteiger partial charge in [0.2, 0.25) is 0 Å². The molecule has 0 saturated heterocycles. The number of nitro benzene ring substituents is 1. The fraction of sp³-hybridized carbons (Fsp3) is 0. The van der Waals surface area contributed by atoms with E-state index in [1.165, 1.54) is 23.7 Å². The van der Waals surface area contributed by atoms with E-state index in [1.54, 1.807) is 12.1 Å². The summed E-state index contributed by atoms with van der Waals surface area (Å²) in [5.41, 5.74) is 2.58. The SMILES string of the molecule is O=[N+]([O-])c1cccc(-c2csc3ncnc(Nc4ccc(Br)cc4)c23)c1. The van der Waals surface area contributed by atoms with Gasteiger partial charge in [-0.2, -0.15) is 0 Å². The number of nitrogens with zero attached hydrogens (tertiary/aromatic N) is 3. The zero-order valence-corrected chi connectivity index (χ0v) is 15.6. The monoisotopic (exact) mass is 426 g/mol. The van der Waals surface area contributed by atoms with Gasteiger partial charge in [0.05, 0.1) is 10.3 Å². The van der Waals surface area contributed by atoms with E-state index in [9.17, 15) is 10.1 Å². The fourth-order valence-electron chi connectivity index (χ4n) is 2.64. The lowest BCUT2D eigenvalue weighted by atomic mass is 10.1. The molecule has 8 heteroatoms. The van der Waals surface area contributed by atoms with E-state index in [0.717, 1.165) is 31.5 Å². The van der Waals surface area contributed by atoms with Crippen molar-refractivity contribution in [2.24, 2.45) is 0 Å². The van der Waals surface area contributed by atoms with Gasteiger partial charge >= 0.3 is 0 Å². The topological polar surface area (TPSA) is 81.0 Å². The first-order chi connectivity index (χ1) is 12.6. The lowest BCUT2D eigenvalue weighted by Gasteiger charge is -2.08. The molecule has 6 nitrogen and oxygen atoms in total. The van der Waals surface area contributed by atoms with E-state index >= 15 is 0 Å². The Morgan fingerprint density at radius 3 is 2.69 bits per heavy atom. The van der Waals surface area contributed by atoms with Crippen LogP contribution in [0, 0.1) is 10.1 Å². The third kappa shape index (κ3) is 3.16. The molecule has 0 aliphatic rings. The van der Waals surface area contributed by atoms with Crippen LogP contribution >= 0.6 is 27.3 Å². The lowest BCUT2D eigenvalue weighted by Crippen LogP contribution is -1.95. The second-order valence-electron chi connectivity index (χ2n) is 5.49. The van der Waals surface area contributed by atoms with E-state index in [4.69, 9.17) is 0 Å². The Morgan fingerprint density at radius 1 is 1.12 bits per heavy atom. The molecule has 2 heterocycles. The number of benzene rings is 2. The summed E-state index contributed by atoms with van der Waals surface area (Å²) < 4.78 is 0.990. The largest absolute Gasteiger partial charge is 0.340 e. The average Bonchev–Trinajstić information content (AvgIpc) is 3.09. The van der Waals surface area contributed by atoms with Gasteiger partial charge in [0.25, 0.3) is 5.69 Å². The van der Waals surface area contributed by atoms with Crippen molar-refractivity contribution in [3.05, 3.63) is 74.8 Å². The number of aromatic nitrogens is 2. The van der Waals surface area contributed by atoms with Gasteiger partial charge in [-0.3, -0.25) is 10.1 Å². The van der Waals surface area contributed by atoms with Crippen molar-refractivity contribution in [3.8, 4) is 11.1 Å². The minimum absolute atomic E-state index is 0.0566. The number of thiophene rings is 1. The highest BCUT2D eigenvalue weighted by Gasteiger charge is 2.15. The third-order valence-electron chi connectivity index (χ3n) is 3.85. The van der Waals surface area contributed by atoms with E-state index in [-0.39, 0.29) is 5.69 Å². The van der Waals surface area contributed by atoms with Gasteiger partial charge in [0.1, 0.15) is 17.0 Å². The summed E-state index contributed by atoms with van der Waals surface area (Å²) in [6.45, 7) is 0. The average molecular weight is 427 g/mol. The maximum absolute atomic E-state index is 11.1. The highest BCUT2D eigenvalue weighted by Crippen LogP contribution is 2.38. The summed E-state index contributed by atoms with van der Waals surface area (Å²) in [7, 11) is 0. The first kappa shape index (κ1) is 16.6. The normalized spacial score (nSPS) is 10.8. The number of fused-ring (bicyclic) bond motifs is 1. The van der Waals surface area contributed by atoms with Gasteiger partial charge in [0, 0.05) is 33.2 Å². The highest BCUT2D eigenvalue weighted by molar-refractivity contribution is 9.10. The van der Waals surface area contributed by atoms with Gasteiger partial charge in [-0.05, 0) is 29.8 Å². The van der Waals surface area contributed by atoms with Crippen LogP contribution in [0.4, 0.5) is 17.2 Å². The van der Waals surface area contributed by atoms with Gasteiger partial charge < -0.3 is 5.32 Å². The van der Waals surface area contributed by atoms with Crippen molar-refractivity contribution in [1.29, 1.82) is 0 Å².